The van der Waals surface area contributed by atoms with E-state index >= 15 is 0 Å². The molecule has 0 aliphatic carbocycles. The largest absolute Gasteiger partial charge is 0.460 e. The molecule has 1 aromatic rings. The average molecular weight is 321 g/mol. The summed E-state index contributed by atoms with van der Waals surface area (Å²) >= 11 is 0. The number of carbonyl (C=O) groups is 2. The first-order valence-corrected chi connectivity index (χ1v) is 8.09. The molecule has 0 aromatic heterocycles. The quantitative estimate of drug-likeness (QED) is 0.579. The molecule has 0 heterocycles. The lowest BCUT2D eigenvalue weighted by atomic mass is 10.1. The summed E-state index contributed by atoms with van der Waals surface area (Å²) in [4.78, 5) is 23.0. The summed E-state index contributed by atoms with van der Waals surface area (Å²) in [6.45, 7) is 6.17. The SMILES string of the molecule is CC(C)(C)OC(=O)CCCCCCNC(=O)Oc1ccccc1. The Balaban J connectivity index is 1.99. The van der Waals surface area contributed by atoms with Gasteiger partial charge in [-0.2, -0.15) is 0 Å². The standard InChI is InChI=1S/C18H27NO4/c1-18(2,3)23-16(20)13-9-4-5-10-14-19-17(21)22-15-11-7-6-8-12-15/h6-8,11-12H,4-5,9-10,13-14H2,1-3H3,(H,19,21). The van der Waals surface area contributed by atoms with Gasteiger partial charge in [0.2, 0.25) is 0 Å². The molecule has 0 saturated heterocycles. The Hall–Kier alpha value is -2.04. The molecule has 23 heavy (non-hydrogen) atoms. The smallest absolute Gasteiger partial charge is 0.412 e. The van der Waals surface area contributed by atoms with Crippen molar-refractivity contribution >= 4 is 12.1 Å². The van der Waals surface area contributed by atoms with Gasteiger partial charge in [0, 0.05) is 13.0 Å². The molecule has 0 atom stereocenters. The van der Waals surface area contributed by atoms with Crippen molar-refractivity contribution in [2.45, 2.75) is 58.5 Å². The van der Waals surface area contributed by atoms with Crippen molar-refractivity contribution in [3.05, 3.63) is 30.3 Å². The number of para-hydroxylation sites is 1. The van der Waals surface area contributed by atoms with Crippen LogP contribution in [-0.2, 0) is 9.53 Å². The van der Waals surface area contributed by atoms with Crippen molar-refractivity contribution in [2.75, 3.05) is 6.54 Å². The molecule has 0 spiro atoms. The van der Waals surface area contributed by atoms with E-state index in [0.29, 0.717) is 18.7 Å². The predicted octanol–water partition coefficient (Wildman–Crippen LogP) is 4.07. The number of esters is 1. The number of hydrogen-bond donors (Lipinski definition) is 1. The predicted molar refractivity (Wildman–Crippen MR) is 89.4 cm³/mol. The normalized spacial score (nSPS) is 10.9. The van der Waals surface area contributed by atoms with E-state index in [1.165, 1.54) is 0 Å². The number of hydrogen-bond acceptors (Lipinski definition) is 4. The Bertz CT molecular complexity index is 480. The summed E-state index contributed by atoms with van der Waals surface area (Å²) in [6, 6.07) is 8.95. The highest BCUT2D eigenvalue weighted by Gasteiger charge is 2.15. The van der Waals surface area contributed by atoms with Crippen LogP contribution in [-0.4, -0.2) is 24.2 Å². The molecular weight excluding hydrogens is 294 g/mol. The third-order valence-corrected chi connectivity index (χ3v) is 2.95. The fourth-order valence-corrected chi connectivity index (χ4v) is 1.96. The summed E-state index contributed by atoms with van der Waals surface area (Å²) < 4.78 is 10.3. The molecule has 1 aromatic carbocycles. The molecule has 128 valence electrons. The van der Waals surface area contributed by atoms with Crippen LogP contribution in [0.15, 0.2) is 30.3 Å². The van der Waals surface area contributed by atoms with Gasteiger partial charge in [0.1, 0.15) is 11.4 Å². The van der Waals surface area contributed by atoms with Crippen LogP contribution in [0.5, 0.6) is 5.75 Å². The Morgan fingerprint density at radius 1 is 1.00 bits per heavy atom. The van der Waals surface area contributed by atoms with Gasteiger partial charge in [-0.3, -0.25) is 4.79 Å². The first-order valence-electron chi connectivity index (χ1n) is 8.09. The maximum atomic E-state index is 11.5. The minimum atomic E-state index is -0.440. The van der Waals surface area contributed by atoms with Gasteiger partial charge in [0.15, 0.2) is 0 Å². The number of nitrogens with one attached hydrogen (secondary N) is 1. The third kappa shape index (κ3) is 10.3. The van der Waals surface area contributed by atoms with Crippen LogP contribution in [0, 0.1) is 0 Å². The second-order valence-electron chi connectivity index (χ2n) is 6.38. The van der Waals surface area contributed by atoms with E-state index in [1.807, 2.05) is 39.0 Å². The molecule has 0 aliphatic rings. The van der Waals surface area contributed by atoms with Gasteiger partial charge < -0.3 is 14.8 Å². The van der Waals surface area contributed by atoms with Crippen molar-refractivity contribution in [2.24, 2.45) is 0 Å². The first kappa shape index (κ1) is 19.0. The number of amides is 1. The second-order valence-corrected chi connectivity index (χ2v) is 6.38. The fourth-order valence-electron chi connectivity index (χ4n) is 1.96. The Morgan fingerprint density at radius 3 is 2.30 bits per heavy atom. The second kappa shape index (κ2) is 9.87. The lowest BCUT2D eigenvalue weighted by molar-refractivity contribution is -0.154. The molecule has 0 saturated carbocycles. The van der Waals surface area contributed by atoms with Crippen molar-refractivity contribution in [3.8, 4) is 5.75 Å². The van der Waals surface area contributed by atoms with Crippen LogP contribution in [0.1, 0.15) is 52.9 Å². The van der Waals surface area contributed by atoms with Crippen molar-refractivity contribution in [3.63, 3.8) is 0 Å². The maximum absolute atomic E-state index is 11.5. The van der Waals surface area contributed by atoms with Crippen molar-refractivity contribution in [1.29, 1.82) is 0 Å². The lowest BCUT2D eigenvalue weighted by Gasteiger charge is -2.19. The number of unbranched alkanes of at least 4 members (excludes halogenated alkanes) is 3. The first-order chi connectivity index (χ1) is 10.9. The summed E-state index contributed by atoms with van der Waals surface area (Å²) in [7, 11) is 0. The van der Waals surface area contributed by atoms with E-state index in [1.54, 1.807) is 12.1 Å². The van der Waals surface area contributed by atoms with Crippen LogP contribution in [0.3, 0.4) is 0 Å². The summed E-state index contributed by atoms with van der Waals surface area (Å²) in [5.41, 5.74) is -0.417. The Labute approximate surface area is 138 Å². The van der Waals surface area contributed by atoms with Gasteiger partial charge in [-0.1, -0.05) is 31.0 Å². The van der Waals surface area contributed by atoms with Gasteiger partial charge >= 0.3 is 12.1 Å². The van der Waals surface area contributed by atoms with Crippen LogP contribution in [0.4, 0.5) is 4.79 Å². The van der Waals surface area contributed by atoms with Crippen molar-refractivity contribution in [1.82, 2.24) is 5.32 Å². The number of carbonyl (C=O) groups excluding carboxylic acids is 2. The zero-order chi connectivity index (χ0) is 17.1. The zero-order valence-electron chi connectivity index (χ0n) is 14.3. The van der Waals surface area contributed by atoms with Gasteiger partial charge in [-0.15, -0.1) is 0 Å². The van der Waals surface area contributed by atoms with Crippen LogP contribution < -0.4 is 10.1 Å². The summed E-state index contributed by atoms with van der Waals surface area (Å²) in [5.74, 6) is 0.379. The molecule has 0 radical (unpaired) electrons. The molecule has 5 heteroatoms. The van der Waals surface area contributed by atoms with E-state index in [9.17, 15) is 9.59 Å². The van der Waals surface area contributed by atoms with Crippen LogP contribution in [0.2, 0.25) is 0 Å². The number of ether oxygens (including phenoxy) is 2. The third-order valence-electron chi connectivity index (χ3n) is 2.95. The Kier molecular flexibility index (Phi) is 8.16. The molecule has 1 rings (SSSR count). The Morgan fingerprint density at radius 2 is 1.65 bits per heavy atom. The van der Waals surface area contributed by atoms with Gasteiger partial charge in [0.05, 0.1) is 0 Å². The topological polar surface area (TPSA) is 64.6 Å². The molecule has 1 N–H and O–H groups in total. The van der Waals surface area contributed by atoms with Crippen molar-refractivity contribution < 1.29 is 19.1 Å². The fraction of sp³-hybridized carbons (Fsp3) is 0.556. The molecule has 0 bridgehead atoms. The van der Waals surface area contributed by atoms with E-state index in [-0.39, 0.29) is 5.97 Å². The molecule has 1 amide bonds. The minimum Gasteiger partial charge on any atom is -0.460 e. The highest BCUT2D eigenvalue weighted by Crippen LogP contribution is 2.11. The molecule has 0 unspecified atom stereocenters. The highest BCUT2D eigenvalue weighted by atomic mass is 16.6. The van der Waals surface area contributed by atoms with Gasteiger partial charge in [-0.25, -0.2) is 4.79 Å². The van der Waals surface area contributed by atoms with E-state index in [4.69, 9.17) is 9.47 Å². The van der Waals surface area contributed by atoms with Crippen LogP contribution in [0.25, 0.3) is 0 Å². The molecule has 0 fully saturated rings. The minimum absolute atomic E-state index is 0.151. The summed E-state index contributed by atoms with van der Waals surface area (Å²) in [5, 5.41) is 2.71. The highest BCUT2D eigenvalue weighted by molar-refractivity contribution is 5.70. The number of rotatable bonds is 8. The van der Waals surface area contributed by atoms with Gasteiger partial charge in [-0.05, 0) is 45.7 Å². The van der Waals surface area contributed by atoms with E-state index in [0.717, 1.165) is 25.7 Å². The molecule has 5 nitrogen and oxygen atoms in total. The summed E-state index contributed by atoms with van der Waals surface area (Å²) in [6.07, 6.45) is 3.57. The van der Waals surface area contributed by atoms with E-state index in [2.05, 4.69) is 5.32 Å². The molecule has 0 aliphatic heterocycles. The maximum Gasteiger partial charge on any atom is 0.412 e. The van der Waals surface area contributed by atoms with E-state index < -0.39 is 11.7 Å². The number of benzene rings is 1. The van der Waals surface area contributed by atoms with Gasteiger partial charge in [0.25, 0.3) is 0 Å². The van der Waals surface area contributed by atoms with Crippen LogP contribution >= 0.6 is 0 Å². The average Bonchev–Trinajstić information content (AvgIpc) is 2.45. The monoisotopic (exact) mass is 321 g/mol. The molecular formula is C18H27NO4. The lowest BCUT2D eigenvalue weighted by Crippen LogP contribution is -2.27. The zero-order valence-corrected chi connectivity index (χ0v) is 14.3.